The standard InChI is InChI=1S/C14H18N8O/c15-14-19-12(21-6-4-16-5-7-21)9-13-18-11(20-22(13)14)8-10-2-1-3-17-23-10/h1-3,9,16-17H,4-8H2,(H2,15,19). The zero-order chi connectivity index (χ0) is 15.6. The number of fused-ring (bicyclic) bond motifs is 1. The molecule has 4 N–H and O–H groups in total. The SMILES string of the molecule is Nc1nc(N2CCNCC2)cc2nc(CC3=CC=CNO3)nn12. The lowest BCUT2D eigenvalue weighted by molar-refractivity contribution is 0.133. The molecule has 2 aliphatic heterocycles. The largest absolute Gasteiger partial charge is 0.387 e. The molecule has 0 amide bonds. The fourth-order valence-corrected chi connectivity index (χ4v) is 2.66. The van der Waals surface area contributed by atoms with Crippen LogP contribution in [0.3, 0.4) is 0 Å². The minimum absolute atomic E-state index is 0.339. The number of hydrogen-bond acceptors (Lipinski definition) is 8. The summed E-state index contributed by atoms with van der Waals surface area (Å²) in [6.45, 7) is 3.69. The minimum Gasteiger partial charge on any atom is -0.387 e. The second kappa shape index (κ2) is 5.76. The number of hydrogen-bond donors (Lipinski definition) is 3. The van der Waals surface area contributed by atoms with E-state index in [-0.39, 0.29) is 0 Å². The van der Waals surface area contributed by atoms with Gasteiger partial charge in [0, 0.05) is 38.4 Å². The summed E-state index contributed by atoms with van der Waals surface area (Å²) in [4.78, 5) is 16.5. The number of nitrogens with one attached hydrogen (secondary N) is 2. The van der Waals surface area contributed by atoms with E-state index in [1.165, 1.54) is 0 Å². The van der Waals surface area contributed by atoms with E-state index in [9.17, 15) is 0 Å². The van der Waals surface area contributed by atoms with Crippen LogP contribution in [0.1, 0.15) is 5.82 Å². The summed E-state index contributed by atoms with van der Waals surface area (Å²) in [6.07, 6.45) is 5.94. The summed E-state index contributed by atoms with van der Waals surface area (Å²) in [7, 11) is 0. The van der Waals surface area contributed by atoms with Crippen LogP contribution in [0.5, 0.6) is 0 Å². The number of aromatic nitrogens is 4. The molecule has 9 nitrogen and oxygen atoms in total. The quantitative estimate of drug-likeness (QED) is 0.702. The van der Waals surface area contributed by atoms with Crippen LogP contribution in [-0.2, 0) is 11.3 Å². The summed E-state index contributed by atoms with van der Waals surface area (Å²) in [6, 6.07) is 1.92. The van der Waals surface area contributed by atoms with Gasteiger partial charge in [-0.25, -0.2) is 10.5 Å². The second-order valence-electron chi connectivity index (χ2n) is 5.40. The Hall–Kier alpha value is -2.81. The summed E-state index contributed by atoms with van der Waals surface area (Å²) in [5.41, 5.74) is 9.43. The van der Waals surface area contributed by atoms with E-state index in [0.717, 1.165) is 37.8 Å². The molecule has 1 saturated heterocycles. The van der Waals surface area contributed by atoms with Crippen molar-refractivity contribution in [1.82, 2.24) is 30.4 Å². The third-order valence-corrected chi connectivity index (χ3v) is 3.79. The summed E-state index contributed by atoms with van der Waals surface area (Å²) < 4.78 is 1.56. The number of rotatable bonds is 3. The van der Waals surface area contributed by atoms with Gasteiger partial charge in [-0.2, -0.15) is 9.50 Å². The highest BCUT2D eigenvalue weighted by atomic mass is 16.6. The highest BCUT2D eigenvalue weighted by Gasteiger charge is 2.16. The molecule has 2 aromatic rings. The predicted molar refractivity (Wildman–Crippen MR) is 85.4 cm³/mol. The molecule has 0 bridgehead atoms. The molecule has 0 spiro atoms. The van der Waals surface area contributed by atoms with E-state index in [0.29, 0.717) is 23.8 Å². The highest BCUT2D eigenvalue weighted by Crippen LogP contribution is 2.18. The Kier molecular flexibility index (Phi) is 3.46. The molecule has 2 aromatic heterocycles. The predicted octanol–water partition coefficient (Wildman–Crippen LogP) is -0.409. The molecule has 0 atom stereocenters. The maximum atomic E-state index is 6.05. The maximum absolute atomic E-state index is 6.05. The van der Waals surface area contributed by atoms with Gasteiger partial charge in [-0.05, 0) is 12.2 Å². The minimum atomic E-state index is 0.339. The molecule has 0 aliphatic carbocycles. The molecular weight excluding hydrogens is 296 g/mol. The van der Waals surface area contributed by atoms with Crippen LogP contribution in [0.2, 0.25) is 0 Å². The van der Waals surface area contributed by atoms with Crippen LogP contribution in [-0.4, -0.2) is 45.8 Å². The normalized spacial score (nSPS) is 17.7. The Labute approximate surface area is 132 Å². The van der Waals surface area contributed by atoms with Crippen molar-refractivity contribution in [3.63, 3.8) is 0 Å². The van der Waals surface area contributed by atoms with E-state index < -0.39 is 0 Å². The monoisotopic (exact) mass is 314 g/mol. The lowest BCUT2D eigenvalue weighted by atomic mass is 10.3. The van der Waals surface area contributed by atoms with Crippen LogP contribution in [0.15, 0.2) is 30.2 Å². The van der Waals surface area contributed by atoms with Gasteiger partial charge in [0.25, 0.3) is 0 Å². The van der Waals surface area contributed by atoms with Crippen LogP contribution >= 0.6 is 0 Å². The Morgan fingerprint density at radius 2 is 2.13 bits per heavy atom. The van der Waals surface area contributed by atoms with Crippen molar-refractivity contribution in [3.8, 4) is 0 Å². The van der Waals surface area contributed by atoms with E-state index in [4.69, 9.17) is 10.6 Å². The number of hydroxylamine groups is 1. The second-order valence-corrected chi connectivity index (χ2v) is 5.40. The van der Waals surface area contributed by atoms with Gasteiger partial charge in [0.2, 0.25) is 5.95 Å². The fourth-order valence-electron chi connectivity index (χ4n) is 2.66. The lowest BCUT2D eigenvalue weighted by Crippen LogP contribution is -2.44. The molecule has 4 rings (SSSR count). The van der Waals surface area contributed by atoms with Crippen LogP contribution in [0.4, 0.5) is 11.8 Å². The number of anilines is 2. The molecule has 1 fully saturated rings. The van der Waals surface area contributed by atoms with E-state index >= 15 is 0 Å². The van der Waals surface area contributed by atoms with Crippen molar-refractivity contribution in [2.75, 3.05) is 36.8 Å². The van der Waals surface area contributed by atoms with Gasteiger partial charge in [0.15, 0.2) is 11.5 Å². The van der Waals surface area contributed by atoms with Crippen molar-refractivity contribution >= 4 is 17.4 Å². The van der Waals surface area contributed by atoms with Gasteiger partial charge in [-0.15, -0.1) is 5.10 Å². The third-order valence-electron chi connectivity index (χ3n) is 3.79. The maximum Gasteiger partial charge on any atom is 0.225 e. The number of nitrogens with two attached hydrogens (primary N) is 1. The van der Waals surface area contributed by atoms with Crippen molar-refractivity contribution in [2.45, 2.75) is 6.42 Å². The lowest BCUT2D eigenvalue weighted by Gasteiger charge is -2.28. The number of nitrogen functional groups attached to an aromatic ring is 1. The number of piperazine rings is 1. The van der Waals surface area contributed by atoms with Gasteiger partial charge in [0.05, 0.1) is 6.42 Å². The third kappa shape index (κ3) is 2.78. The van der Waals surface area contributed by atoms with E-state index in [1.54, 1.807) is 10.7 Å². The Morgan fingerprint density at radius 3 is 2.91 bits per heavy atom. The smallest absolute Gasteiger partial charge is 0.225 e. The van der Waals surface area contributed by atoms with Gasteiger partial charge >= 0.3 is 0 Å². The first kappa shape index (κ1) is 13.8. The molecule has 23 heavy (non-hydrogen) atoms. The van der Waals surface area contributed by atoms with E-state index in [2.05, 4.69) is 30.8 Å². The highest BCUT2D eigenvalue weighted by molar-refractivity contribution is 5.55. The summed E-state index contributed by atoms with van der Waals surface area (Å²) >= 11 is 0. The van der Waals surface area contributed by atoms with Crippen molar-refractivity contribution in [3.05, 3.63) is 36.0 Å². The molecule has 0 radical (unpaired) electrons. The molecule has 0 saturated carbocycles. The Bertz CT molecular complexity index is 774. The van der Waals surface area contributed by atoms with Crippen LogP contribution in [0, 0.1) is 0 Å². The zero-order valence-corrected chi connectivity index (χ0v) is 12.6. The first-order chi connectivity index (χ1) is 11.3. The average molecular weight is 314 g/mol. The molecule has 4 heterocycles. The molecule has 0 unspecified atom stereocenters. The van der Waals surface area contributed by atoms with Crippen molar-refractivity contribution in [2.24, 2.45) is 0 Å². The molecule has 0 aromatic carbocycles. The molecular formula is C14H18N8O. The van der Waals surface area contributed by atoms with Gasteiger partial charge < -0.3 is 20.8 Å². The first-order valence-corrected chi connectivity index (χ1v) is 7.55. The average Bonchev–Trinajstić information content (AvgIpc) is 2.99. The van der Waals surface area contributed by atoms with Crippen molar-refractivity contribution in [1.29, 1.82) is 0 Å². The Balaban J connectivity index is 1.63. The topological polar surface area (TPSA) is 106 Å². The van der Waals surface area contributed by atoms with Gasteiger partial charge in [0.1, 0.15) is 11.6 Å². The van der Waals surface area contributed by atoms with Crippen molar-refractivity contribution < 1.29 is 4.84 Å². The van der Waals surface area contributed by atoms with Gasteiger partial charge in [-0.3, -0.25) is 0 Å². The zero-order valence-electron chi connectivity index (χ0n) is 12.6. The van der Waals surface area contributed by atoms with E-state index in [1.807, 2.05) is 18.2 Å². The summed E-state index contributed by atoms with van der Waals surface area (Å²) in [5.74, 6) is 2.57. The fraction of sp³-hybridized carbons (Fsp3) is 0.357. The number of nitrogens with zero attached hydrogens (tertiary/aromatic N) is 5. The molecule has 120 valence electrons. The molecule has 9 heteroatoms. The first-order valence-electron chi connectivity index (χ1n) is 7.55. The Morgan fingerprint density at radius 1 is 1.26 bits per heavy atom. The van der Waals surface area contributed by atoms with Gasteiger partial charge in [-0.1, -0.05) is 0 Å². The van der Waals surface area contributed by atoms with Crippen LogP contribution in [0.25, 0.3) is 5.65 Å². The summed E-state index contributed by atoms with van der Waals surface area (Å²) in [5, 5.41) is 7.73. The number of allylic oxidation sites excluding steroid dienone is 3. The molecule has 2 aliphatic rings. The van der Waals surface area contributed by atoms with Crippen LogP contribution < -0.4 is 21.4 Å².